The maximum Gasteiger partial charge on any atom is 0.248 e. The summed E-state index contributed by atoms with van der Waals surface area (Å²) in [5.41, 5.74) is 6.31. The first-order chi connectivity index (χ1) is 16.2. The van der Waals surface area contributed by atoms with Gasteiger partial charge in [0.05, 0.1) is 16.7 Å². The number of methoxy groups -OCH3 is 1. The highest BCUT2D eigenvalue weighted by molar-refractivity contribution is 5.95. The van der Waals surface area contributed by atoms with Gasteiger partial charge in [-0.3, -0.25) is 9.69 Å². The fraction of sp³-hybridized carbons (Fsp3) is 0.286. The number of para-hydroxylation sites is 3. The summed E-state index contributed by atoms with van der Waals surface area (Å²) in [5, 5.41) is 0. The summed E-state index contributed by atoms with van der Waals surface area (Å²) in [7, 11) is 1.63. The van der Waals surface area contributed by atoms with Crippen molar-refractivity contribution in [3.05, 3.63) is 95.3 Å². The lowest BCUT2D eigenvalue weighted by molar-refractivity contribution is -0.120. The Bertz CT molecular complexity index is 1210. The Labute approximate surface area is 195 Å². The van der Waals surface area contributed by atoms with Crippen molar-refractivity contribution in [2.24, 2.45) is 0 Å². The number of benzene rings is 3. The van der Waals surface area contributed by atoms with Crippen LogP contribution in [0.2, 0.25) is 0 Å². The number of amides is 1. The summed E-state index contributed by atoms with van der Waals surface area (Å²) >= 11 is 0. The fourth-order valence-electron chi connectivity index (χ4n) is 4.39. The molecule has 1 amide bonds. The zero-order chi connectivity index (χ0) is 23.2. The van der Waals surface area contributed by atoms with E-state index in [4.69, 9.17) is 9.72 Å². The van der Waals surface area contributed by atoms with Crippen molar-refractivity contribution in [2.45, 2.75) is 39.7 Å². The van der Waals surface area contributed by atoms with Crippen LogP contribution in [0.15, 0.2) is 72.8 Å². The summed E-state index contributed by atoms with van der Waals surface area (Å²) in [4.78, 5) is 20.4. The van der Waals surface area contributed by atoms with Gasteiger partial charge >= 0.3 is 0 Å². The Balaban J connectivity index is 1.74. The van der Waals surface area contributed by atoms with Gasteiger partial charge in [-0.1, -0.05) is 74.5 Å². The first-order valence-corrected chi connectivity index (χ1v) is 11.5. The quantitative estimate of drug-likeness (QED) is 0.327. The Morgan fingerprint density at radius 2 is 1.58 bits per heavy atom. The van der Waals surface area contributed by atoms with Gasteiger partial charge in [0, 0.05) is 13.5 Å². The zero-order valence-corrected chi connectivity index (χ0v) is 19.6. The second-order valence-electron chi connectivity index (χ2n) is 8.14. The molecule has 1 heterocycles. The number of imidazole rings is 1. The van der Waals surface area contributed by atoms with Gasteiger partial charge in [-0.2, -0.15) is 0 Å². The van der Waals surface area contributed by atoms with E-state index >= 15 is 0 Å². The van der Waals surface area contributed by atoms with Crippen LogP contribution in [-0.2, 0) is 35.3 Å². The van der Waals surface area contributed by atoms with E-state index in [0.29, 0.717) is 6.42 Å². The first kappa shape index (κ1) is 22.7. The molecule has 5 heteroatoms. The molecule has 0 aliphatic carbocycles. The van der Waals surface area contributed by atoms with Gasteiger partial charge in [-0.05, 0) is 41.7 Å². The maximum absolute atomic E-state index is 13.8. The van der Waals surface area contributed by atoms with Gasteiger partial charge in [0.2, 0.25) is 5.91 Å². The zero-order valence-electron chi connectivity index (χ0n) is 19.6. The van der Waals surface area contributed by atoms with E-state index in [-0.39, 0.29) is 19.2 Å². The summed E-state index contributed by atoms with van der Waals surface area (Å²) in [6.07, 6.45) is 2.37. The minimum Gasteiger partial charge on any atom is -0.364 e. The monoisotopic (exact) mass is 441 g/mol. The van der Waals surface area contributed by atoms with Gasteiger partial charge in [0.15, 0.2) is 0 Å². The molecule has 170 valence electrons. The SMILES string of the molecule is CCc1cccc(CC)c1N(COC)C(=O)Cn1c(Cc2ccccc2)nc2ccccc21. The van der Waals surface area contributed by atoms with Crippen LogP contribution in [0.25, 0.3) is 11.0 Å². The number of hydrogen-bond acceptors (Lipinski definition) is 3. The summed E-state index contributed by atoms with van der Waals surface area (Å²) in [6, 6.07) is 24.5. The predicted molar refractivity (Wildman–Crippen MR) is 134 cm³/mol. The number of fused-ring (bicyclic) bond motifs is 1. The molecular weight excluding hydrogens is 410 g/mol. The Morgan fingerprint density at radius 1 is 0.909 bits per heavy atom. The molecule has 0 saturated heterocycles. The lowest BCUT2D eigenvalue weighted by Gasteiger charge is -2.27. The van der Waals surface area contributed by atoms with Crippen LogP contribution < -0.4 is 4.90 Å². The van der Waals surface area contributed by atoms with Crippen LogP contribution in [0.4, 0.5) is 5.69 Å². The topological polar surface area (TPSA) is 47.4 Å². The Hall–Kier alpha value is -3.44. The largest absolute Gasteiger partial charge is 0.364 e. The van der Waals surface area contributed by atoms with E-state index < -0.39 is 0 Å². The lowest BCUT2D eigenvalue weighted by Crippen LogP contribution is -2.37. The molecule has 0 aliphatic heterocycles. The van der Waals surface area contributed by atoms with Gasteiger partial charge in [0.1, 0.15) is 19.1 Å². The van der Waals surface area contributed by atoms with Crippen molar-refractivity contribution in [1.29, 1.82) is 0 Å². The van der Waals surface area contributed by atoms with Crippen molar-refractivity contribution in [3.8, 4) is 0 Å². The molecule has 0 spiro atoms. The Kier molecular flexibility index (Phi) is 7.20. The van der Waals surface area contributed by atoms with Crippen LogP contribution in [0.1, 0.15) is 36.4 Å². The van der Waals surface area contributed by atoms with Gasteiger partial charge in [-0.25, -0.2) is 4.98 Å². The van der Waals surface area contributed by atoms with Crippen molar-refractivity contribution in [2.75, 3.05) is 18.7 Å². The third-order valence-electron chi connectivity index (χ3n) is 6.03. The van der Waals surface area contributed by atoms with Crippen LogP contribution in [0.5, 0.6) is 0 Å². The minimum atomic E-state index is -0.00934. The number of rotatable bonds is 9. The molecular formula is C28H31N3O2. The Morgan fingerprint density at radius 3 is 2.24 bits per heavy atom. The van der Waals surface area contributed by atoms with E-state index in [0.717, 1.165) is 46.5 Å². The van der Waals surface area contributed by atoms with E-state index in [2.05, 4.69) is 44.2 Å². The molecule has 1 aromatic heterocycles. The number of aryl methyl sites for hydroxylation is 2. The van der Waals surface area contributed by atoms with Crippen LogP contribution >= 0.6 is 0 Å². The van der Waals surface area contributed by atoms with Crippen LogP contribution in [-0.4, -0.2) is 29.3 Å². The number of anilines is 1. The van der Waals surface area contributed by atoms with E-state index in [1.807, 2.05) is 47.0 Å². The summed E-state index contributed by atoms with van der Waals surface area (Å²) in [5.74, 6) is 0.873. The average Bonchev–Trinajstić information content (AvgIpc) is 3.19. The molecule has 0 saturated carbocycles. The first-order valence-electron chi connectivity index (χ1n) is 11.5. The number of hydrogen-bond donors (Lipinski definition) is 0. The third-order valence-corrected chi connectivity index (χ3v) is 6.03. The van der Waals surface area contributed by atoms with E-state index in [1.165, 1.54) is 5.56 Å². The number of aromatic nitrogens is 2. The standard InChI is InChI=1S/C28H31N3O2/c1-4-22-14-11-15-23(5-2)28(22)31(20-33-3)27(32)19-30-25-17-10-9-16-24(25)29-26(30)18-21-12-7-6-8-13-21/h6-17H,4-5,18-20H2,1-3H3. The number of carbonyl (C=O) groups is 1. The van der Waals surface area contributed by atoms with Gasteiger partial charge < -0.3 is 9.30 Å². The molecule has 0 bridgehead atoms. The molecule has 0 unspecified atom stereocenters. The highest BCUT2D eigenvalue weighted by Crippen LogP contribution is 2.28. The molecule has 3 aromatic carbocycles. The fourth-order valence-corrected chi connectivity index (χ4v) is 4.39. The molecule has 33 heavy (non-hydrogen) atoms. The number of ether oxygens (including phenoxy) is 1. The van der Waals surface area contributed by atoms with Crippen molar-refractivity contribution in [3.63, 3.8) is 0 Å². The minimum absolute atomic E-state index is 0.00934. The normalized spacial score (nSPS) is 11.1. The second kappa shape index (κ2) is 10.5. The summed E-state index contributed by atoms with van der Waals surface area (Å²) in [6.45, 7) is 4.65. The smallest absolute Gasteiger partial charge is 0.248 e. The molecule has 4 aromatic rings. The van der Waals surface area contributed by atoms with E-state index in [9.17, 15) is 4.79 Å². The van der Waals surface area contributed by atoms with Gasteiger partial charge in [-0.15, -0.1) is 0 Å². The maximum atomic E-state index is 13.8. The highest BCUT2D eigenvalue weighted by atomic mass is 16.5. The predicted octanol–water partition coefficient (Wildman–Crippen LogP) is 5.39. The van der Waals surface area contributed by atoms with Crippen LogP contribution in [0, 0.1) is 0 Å². The number of nitrogens with zero attached hydrogens (tertiary/aromatic N) is 3. The number of carbonyl (C=O) groups excluding carboxylic acids is 1. The molecule has 0 N–H and O–H groups in total. The van der Waals surface area contributed by atoms with Crippen molar-refractivity contribution >= 4 is 22.6 Å². The summed E-state index contributed by atoms with van der Waals surface area (Å²) < 4.78 is 7.54. The van der Waals surface area contributed by atoms with Crippen LogP contribution in [0.3, 0.4) is 0 Å². The van der Waals surface area contributed by atoms with Crippen molar-refractivity contribution in [1.82, 2.24) is 9.55 Å². The van der Waals surface area contributed by atoms with Gasteiger partial charge in [0.25, 0.3) is 0 Å². The highest BCUT2D eigenvalue weighted by Gasteiger charge is 2.23. The second-order valence-corrected chi connectivity index (χ2v) is 8.14. The third kappa shape index (κ3) is 4.83. The molecule has 0 aliphatic rings. The molecule has 0 atom stereocenters. The molecule has 4 rings (SSSR count). The molecule has 0 fully saturated rings. The van der Waals surface area contributed by atoms with Crippen molar-refractivity contribution < 1.29 is 9.53 Å². The van der Waals surface area contributed by atoms with E-state index in [1.54, 1.807) is 12.0 Å². The molecule has 5 nitrogen and oxygen atoms in total. The average molecular weight is 442 g/mol. The molecule has 0 radical (unpaired) electrons. The lowest BCUT2D eigenvalue weighted by atomic mass is 10.0.